The van der Waals surface area contributed by atoms with Crippen molar-refractivity contribution in [1.29, 1.82) is 0 Å². The Labute approximate surface area is 133 Å². The predicted molar refractivity (Wildman–Crippen MR) is 84.7 cm³/mol. The molecule has 0 amide bonds. The minimum absolute atomic E-state index is 0.0146. The zero-order valence-corrected chi connectivity index (χ0v) is 13.2. The van der Waals surface area contributed by atoms with Gasteiger partial charge in [-0.15, -0.1) is 0 Å². The fraction of sp³-hybridized carbons (Fsp3) is 0.294. The van der Waals surface area contributed by atoms with Crippen molar-refractivity contribution in [3.8, 4) is 11.5 Å². The van der Waals surface area contributed by atoms with E-state index in [1.165, 1.54) is 29.9 Å². The van der Waals surface area contributed by atoms with E-state index in [4.69, 9.17) is 4.74 Å². The van der Waals surface area contributed by atoms with E-state index in [9.17, 15) is 19.8 Å². The van der Waals surface area contributed by atoms with Crippen LogP contribution in [0.15, 0.2) is 35.1 Å². The molecule has 1 aromatic carbocycles. The maximum Gasteiger partial charge on any atom is 0.306 e. The van der Waals surface area contributed by atoms with Crippen LogP contribution in [0.25, 0.3) is 0 Å². The lowest BCUT2D eigenvalue weighted by molar-refractivity contribution is -0.140. The SMILES string of the molecule is COC(=O)CC(c1cccc(O)c1)c1c(O)cc(C)n(C)c1=O. The van der Waals surface area contributed by atoms with E-state index < -0.39 is 11.9 Å². The zero-order chi connectivity index (χ0) is 17.1. The van der Waals surface area contributed by atoms with Gasteiger partial charge in [-0.2, -0.15) is 0 Å². The van der Waals surface area contributed by atoms with Crippen molar-refractivity contribution in [2.75, 3.05) is 7.11 Å². The first-order valence-corrected chi connectivity index (χ1v) is 7.10. The molecule has 0 aliphatic carbocycles. The number of phenols is 1. The third kappa shape index (κ3) is 3.36. The number of methoxy groups -OCH3 is 1. The molecule has 0 radical (unpaired) electrons. The van der Waals surface area contributed by atoms with Gasteiger partial charge in [0.05, 0.1) is 19.1 Å². The summed E-state index contributed by atoms with van der Waals surface area (Å²) in [5, 5.41) is 19.9. The van der Waals surface area contributed by atoms with E-state index in [2.05, 4.69) is 0 Å². The summed E-state index contributed by atoms with van der Waals surface area (Å²) in [6.07, 6.45) is -0.119. The molecule has 0 fully saturated rings. The van der Waals surface area contributed by atoms with Crippen molar-refractivity contribution in [2.24, 2.45) is 7.05 Å². The van der Waals surface area contributed by atoms with E-state index in [-0.39, 0.29) is 29.0 Å². The topological polar surface area (TPSA) is 88.8 Å². The van der Waals surface area contributed by atoms with Gasteiger partial charge in [0.1, 0.15) is 11.5 Å². The first-order valence-electron chi connectivity index (χ1n) is 7.10. The second-order valence-corrected chi connectivity index (χ2v) is 5.38. The number of carbonyl (C=O) groups excluding carboxylic acids is 1. The minimum Gasteiger partial charge on any atom is -0.508 e. The molecule has 0 aliphatic heterocycles. The Balaban J connectivity index is 2.66. The second kappa shape index (κ2) is 6.56. The summed E-state index contributed by atoms with van der Waals surface area (Å²) in [7, 11) is 2.85. The van der Waals surface area contributed by atoms with Crippen LogP contribution in [0.1, 0.15) is 29.2 Å². The highest BCUT2D eigenvalue weighted by atomic mass is 16.5. The predicted octanol–water partition coefficient (Wildman–Crippen LogP) is 1.80. The summed E-state index contributed by atoms with van der Waals surface area (Å²) < 4.78 is 6.10. The van der Waals surface area contributed by atoms with Crippen LogP contribution < -0.4 is 5.56 Å². The lowest BCUT2D eigenvalue weighted by Gasteiger charge is -2.19. The standard InChI is InChI=1S/C17H19NO5/c1-10-7-14(20)16(17(22)18(10)2)13(9-15(21)23-3)11-5-4-6-12(19)8-11/h4-8,13,19-20H,9H2,1-3H3. The summed E-state index contributed by atoms with van der Waals surface area (Å²) in [6.45, 7) is 1.70. The Bertz CT molecular complexity index is 794. The summed E-state index contributed by atoms with van der Waals surface area (Å²) in [5.41, 5.74) is 0.865. The van der Waals surface area contributed by atoms with Crippen molar-refractivity contribution < 1.29 is 19.7 Å². The van der Waals surface area contributed by atoms with Gasteiger partial charge in [0.25, 0.3) is 5.56 Å². The largest absolute Gasteiger partial charge is 0.508 e. The third-order valence-corrected chi connectivity index (χ3v) is 3.91. The number of pyridine rings is 1. The van der Waals surface area contributed by atoms with Crippen LogP contribution in [0.4, 0.5) is 0 Å². The molecular weight excluding hydrogens is 298 g/mol. The first-order chi connectivity index (χ1) is 10.8. The fourth-order valence-corrected chi connectivity index (χ4v) is 2.53. The van der Waals surface area contributed by atoms with Crippen molar-refractivity contribution in [3.63, 3.8) is 0 Å². The number of benzene rings is 1. The van der Waals surface area contributed by atoms with Gasteiger partial charge in [-0.1, -0.05) is 12.1 Å². The molecule has 6 heteroatoms. The van der Waals surface area contributed by atoms with Gasteiger partial charge in [0.2, 0.25) is 0 Å². The van der Waals surface area contributed by atoms with Gasteiger partial charge in [0, 0.05) is 18.7 Å². The van der Waals surface area contributed by atoms with E-state index in [0.717, 1.165) is 0 Å². The van der Waals surface area contributed by atoms with E-state index in [0.29, 0.717) is 11.3 Å². The van der Waals surface area contributed by atoms with Crippen LogP contribution in [-0.2, 0) is 16.6 Å². The summed E-state index contributed by atoms with van der Waals surface area (Å²) in [4.78, 5) is 24.3. The fourth-order valence-electron chi connectivity index (χ4n) is 2.53. The van der Waals surface area contributed by atoms with Crippen LogP contribution in [0.2, 0.25) is 0 Å². The molecule has 1 heterocycles. The number of hydrogen-bond donors (Lipinski definition) is 2. The van der Waals surface area contributed by atoms with E-state index in [1.54, 1.807) is 26.1 Å². The number of nitrogens with zero attached hydrogens (tertiary/aromatic N) is 1. The van der Waals surface area contributed by atoms with Gasteiger partial charge in [0.15, 0.2) is 0 Å². The van der Waals surface area contributed by atoms with Gasteiger partial charge in [-0.25, -0.2) is 0 Å². The average molecular weight is 317 g/mol. The van der Waals surface area contributed by atoms with Crippen molar-refractivity contribution >= 4 is 5.97 Å². The molecular formula is C17H19NO5. The monoisotopic (exact) mass is 317 g/mol. The zero-order valence-electron chi connectivity index (χ0n) is 13.2. The molecule has 0 spiro atoms. The number of carbonyl (C=O) groups is 1. The number of aryl methyl sites for hydroxylation is 1. The highest BCUT2D eigenvalue weighted by Gasteiger charge is 2.26. The minimum atomic E-state index is -0.714. The Hall–Kier alpha value is -2.76. The van der Waals surface area contributed by atoms with Gasteiger partial charge in [-0.05, 0) is 30.7 Å². The number of hydrogen-bond acceptors (Lipinski definition) is 5. The van der Waals surface area contributed by atoms with E-state index in [1.807, 2.05) is 0 Å². The molecule has 0 saturated carbocycles. The van der Waals surface area contributed by atoms with Crippen LogP contribution in [0, 0.1) is 6.92 Å². The number of ether oxygens (including phenoxy) is 1. The van der Waals surface area contributed by atoms with Crippen molar-refractivity contribution in [2.45, 2.75) is 19.3 Å². The quantitative estimate of drug-likeness (QED) is 0.839. The van der Waals surface area contributed by atoms with Crippen LogP contribution >= 0.6 is 0 Å². The summed E-state index contributed by atoms with van der Waals surface area (Å²) >= 11 is 0. The Morgan fingerprint density at radius 1 is 1.30 bits per heavy atom. The smallest absolute Gasteiger partial charge is 0.306 e. The average Bonchev–Trinajstić information content (AvgIpc) is 2.51. The van der Waals surface area contributed by atoms with Crippen LogP contribution in [0.5, 0.6) is 11.5 Å². The molecule has 0 aliphatic rings. The Morgan fingerprint density at radius 2 is 2.00 bits per heavy atom. The Kier molecular flexibility index (Phi) is 4.74. The molecule has 1 atom stereocenters. The summed E-state index contributed by atoms with van der Waals surface area (Å²) in [6, 6.07) is 7.73. The lowest BCUT2D eigenvalue weighted by Crippen LogP contribution is -2.26. The molecule has 0 saturated heterocycles. The molecule has 1 aromatic heterocycles. The number of phenolic OH excluding ortho intramolecular Hbond substituents is 1. The highest BCUT2D eigenvalue weighted by molar-refractivity contribution is 5.71. The third-order valence-electron chi connectivity index (χ3n) is 3.91. The molecule has 2 rings (SSSR count). The maximum atomic E-state index is 12.6. The van der Waals surface area contributed by atoms with Gasteiger partial charge in [-0.3, -0.25) is 9.59 Å². The van der Waals surface area contributed by atoms with E-state index >= 15 is 0 Å². The number of aromatic nitrogens is 1. The second-order valence-electron chi connectivity index (χ2n) is 5.38. The molecule has 2 aromatic rings. The number of aromatic hydroxyl groups is 2. The van der Waals surface area contributed by atoms with Crippen LogP contribution in [-0.4, -0.2) is 27.9 Å². The molecule has 23 heavy (non-hydrogen) atoms. The number of esters is 1. The molecule has 1 unspecified atom stereocenters. The Morgan fingerprint density at radius 3 is 2.61 bits per heavy atom. The van der Waals surface area contributed by atoms with Gasteiger partial charge >= 0.3 is 5.97 Å². The van der Waals surface area contributed by atoms with Crippen LogP contribution in [0.3, 0.4) is 0 Å². The highest BCUT2D eigenvalue weighted by Crippen LogP contribution is 2.33. The number of rotatable bonds is 4. The normalized spacial score (nSPS) is 12.0. The lowest BCUT2D eigenvalue weighted by atomic mass is 9.88. The molecule has 122 valence electrons. The van der Waals surface area contributed by atoms with Crippen molar-refractivity contribution in [1.82, 2.24) is 4.57 Å². The van der Waals surface area contributed by atoms with Crippen molar-refractivity contribution in [3.05, 3.63) is 57.5 Å². The maximum absolute atomic E-state index is 12.6. The summed E-state index contributed by atoms with van der Waals surface area (Å²) in [5.74, 6) is -1.39. The molecule has 6 nitrogen and oxygen atoms in total. The molecule has 0 bridgehead atoms. The molecule has 2 N–H and O–H groups in total. The first kappa shape index (κ1) is 16.6. The van der Waals surface area contributed by atoms with Gasteiger partial charge < -0.3 is 19.5 Å².